The van der Waals surface area contributed by atoms with Crippen LogP contribution in [0.2, 0.25) is 0 Å². The Hall–Kier alpha value is -0.420. The van der Waals surface area contributed by atoms with Gasteiger partial charge in [-0.15, -0.1) is 12.6 Å². The summed E-state index contributed by atoms with van der Waals surface area (Å²) in [5.41, 5.74) is 0. The van der Waals surface area contributed by atoms with Gasteiger partial charge in [-0.2, -0.15) is 0 Å². The molecule has 0 unspecified atom stereocenters. The summed E-state index contributed by atoms with van der Waals surface area (Å²) in [6.07, 6.45) is 0. The molecule has 0 aromatic carbocycles. The number of hydrogen-bond acceptors (Lipinski definition) is 4. The third-order valence-corrected chi connectivity index (χ3v) is 0.632. The minimum absolute atomic E-state index is 1.14. The van der Waals surface area contributed by atoms with Gasteiger partial charge in [-0.05, 0) is 20.6 Å². The molecular formula is C4H11NO3S. The molecule has 0 fully saturated rings. The van der Waals surface area contributed by atoms with Crippen molar-refractivity contribution in [2.75, 3.05) is 20.6 Å². The molecule has 0 atom stereocenters. The van der Waals surface area contributed by atoms with E-state index >= 15 is 0 Å². The molecule has 0 aliphatic heterocycles. The predicted octanol–water partition coefficient (Wildman–Crippen LogP) is -0.436. The summed E-state index contributed by atoms with van der Waals surface area (Å²) in [6, 6.07) is 0. The highest BCUT2D eigenvalue weighted by molar-refractivity contribution is 7.59. The van der Waals surface area contributed by atoms with E-state index in [-0.39, 0.29) is 0 Å². The normalized spacial score (nSPS) is 8.00. The van der Waals surface area contributed by atoms with Gasteiger partial charge in [0.15, 0.2) is 0 Å². The van der Waals surface area contributed by atoms with Crippen molar-refractivity contribution >= 4 is 10.6 Å². The fourth-order valence-corrected chi connectivity index (χ4v) is 0. The maximum Gasteiger partial charge on any atom is 0.425 e. The van der Waals surface area contributed by atoms with Gasteiger partial charge in [0, 0.05) is 0 Å². The quantitative estimate of drug-likeness (QED) is 0.512. The van der Waals surface area contributed by atoms with Gasteiger partial charge in [0.05, 0.1) is 0 Å². The summed E-state index contributed by atoms with van der Waals surface area (Å²) in [6.45, 7) is 3.26. The molecule has 0 radical (unpaired) electrons. The molecule has 9 heavy (non-hydrogen) atoms. The van der Waals surface area contributed by atoms with E-state index in [4.69, 9.17) is 12.6 Å². The summed E-state index contributed by atoms with van der Waals surface area (Å²) in [4.78, 5) is 2.12. The van der Waals surface area contributed by atoms with Crippen LogP contribution in [0.5, 0.6) is 0 Å². The van der Waals surface area contributed by atoms with Crippen molar-refractivity contribution in [3.63, 3.8) is 0 Å². The Morgan fingerprint density at radius 3 is 1.33 bits per heavy atom. The van der Waals surface area contributed by atoms with Crippen LogP contribution >= 0.6 is 0 Å². The largest absolute Gasteiger partial charge is 0.425 e. The summed E-state index contributed by atoms with van der Waals surface area (Å²) in [5.74, 6) is 0. The van der Waals surface area contributed by atoms with Gasteiger partial charge in [-0.3, -0.25) is 0 Å². The minimum atomic E-state index is -3.11. The standard InChI is InChI=1S/C4H11N.O3S/c1-4-5(2)3;1-4(2)3/h4H2,1-3H3;. The van der Waals surface area contributed by atoms with Crippen LogP contribution < -0.4 is 0 Å². The molecule has 0 aliphatic carbocycles. The SMILES string of the molecule is CCN(C)C.O=S(=O)=O. The Balaban J connectivity index is 0. The molecule has 5 heteroatoms. The second-order valence-electron chi connectivity index (χ2n) is 1.60. The van der Waals surface area contributed by atoms with Crippen molar-refractivity contribution in [3.8, 4) is 0 Å². The highest BCUT2D eigenvalue weighted by Crippen LogP contribution is 1.63. The molecule has 0 heterocycles. The Kier molecular flexibility index (Phi) is 9.59. The van der Waals surface area contributed by atoms with Crippen molar-refractivity contribution < 1.29 is 12.6 Å². The van der Waals surface area contributed by atoms with Gasteiger partial charge in [0.25, 0.3) is 0 Å². The first kappa shape index (κ1) is 11.4. The Bertz CT molecular complexity index is 127. The topological polar surface area (TPSA) is 54.5 Å². The van der Waals surface area contributed by atoms with Crippen molar-refractivity contribution in [3.05, 3.63) is 0 Å². The lowest BCUT2D eigenvalue weighted by Crippen LogP contribution is -2.08. The third kappa shape index (κ3) is 94.5. The van der Waals surface area contributed by atoms with E-state index in [2.05, 4.69) is 25.9 Å². The number of nitrogens with zero attached hydrogens (tertiary/aromatic N) is 1. The zero-order valence-electron chi connectivity index (χ0n) is 5.79. The predicted molar refractivity (Wildman–Crippen MR) is 33.9 cm³/mol. The molecule has 0 N–H and O–H groups in total. The van der Waals surface area contributed by atoms with Gasteiger partial charge in [-0.25, -0.2) is 0 Å². The first-order chi connectivity index (χ1) is 4.00. The molecule has 0 bridgehead atoms. The van der Waals surface area contributed by atoms with Crippen LogP contribution in [0.4, 0.5) is 0 Å². The molecule has 0 aliphatic rings. The maximum atomic E-state index is 8.44. The van der Waals surface area contributed by atoms with E-state index < -0.39 is 10.6 Å². The van der Waals surface area contributed by atoms with Crippen LogP contribution in [0, 0.1) is 0 Å². The zero-order valence-corrected chi connectivity index (χ0v) is 6.60. The summed E-state index contributed by atoms with van der Waals surface area (Å²) >= 11 is 0. The van der Waals surface area contributed by atoms with Crippen molar-refractivity contribution in [1.29, 1.82) is 0 Å². The monoisotopic (exact) mass is 153 g/mol. The third-order valence-electron chi connectivity index (χ3n) is 0.632. The van der Waals surface area contributed by atoms with E-state index in [1.807, 2.05) is 0 Å². The van der Waals surface area contributed by atoms with E-state index in [0.29, 0.717) is 0 Å². The Morgan fingerprint density at radius 1 is 1.22 bits per heavy atom. The summed E-state index contributed by atoms with van der Waals surface area (Å²) < 4.78 is 25.3. The smallest absolute Gasteiger partial charge is 0.310 e. The number of rotatable bonds is 1. The fraction of sp³-hybridized carbons (Fsp3) is 1.00. The average molecular weight is 153 g/mol. The highest BCUT2D eigenvalue weighted by atomic mass is 32.2. The van der Waals surface area contributed by atoms with Gasteiger partial charge in [0.1, 0.15) is 0 Å². The van der Waals surface area contributed by atoms with Crippen LogP contribution in [0.1, 0.15) is 6.92 Å². The second-order valence-corrected chi connectivity index (χ2v) is 2.01. The fourth-order valence-electron chi connectivity index (χ4n) is 0. The lowest BCUT2D eigenvalue weighted by Gasteiger charge is -2.00. The molecule has 0 saturated heterocycles. The van der Waals surface area contributed by atoms with Crippen LogP contribution in [-0.4, -0.2) is 38.2 Å². The Morgan fingerprint density at radius 2 is 1.33 bits per heavy atom. The van der Waals surface area contributed by atoms with E-state index in [9.17, 15) is 0 Å². The van der Waals surface area contributed by atoms with Gasteiger partial charge in [0.2, 0.25) is 0 Å². The molecule has 0 aromatic rings. The first-order valence-corrected chi connectivity index (χ1v) is 3.42. The molecule has 0 aromatic heterocycles. The lowest BCUT2D eigenvalue weighted by atomic mass is 10.7. The van der Waals surface area contributed by atoms with Gasteiger partial charge < -0.3 is 4.90 Å². The first-order valence-electron chi connectivity index (χ1n) is 2.42. The Labute approximate surface area is 56.5 Å². The minimum Gasteiger partial charge on any atom is -0.310 e. The second kappa shape index (κ2) is 7.58. The van der Waals surface area contributed by atoms with Crippen LogP contribution in [0.25, 0.3) is 0 Å². The van der Waals surface area contributed by atoms with E-state index in [1.165, 1.54) is 0 Å². The molecule has 0 saturated carbocycles. The molecule has 0 rings (SSSR count). The molecule has 56 valence electrons. The zero-order chi connectivity index (χ0) is 7.86. The van der Waals surface area contributed by atoms with Crippen LogP contribution in [0.3, 0.4) is 0 Å². The van der Waals surface area contributed by atoms with Crippen LogP contribution in [0.15, 0.2) is 0 Å². The van der Waals surface area contributed by atoms with Crippen LogP contribution in [-0.2, 0) is 10.6 Å². The van der Waals surface area contributed by atoms with Crippen molar-refractivity contribution in [2.45, 2.75) is 6.92 Å². The van der Waals surface area contributed by atoms with Gasteiger partial charge >= 0.3 is 10.6 Å². The summed E-state index contributed by atoms with van der Waals surface area (Å²) in [5, 5.41) is 0. The lowest BCUT2D eigenvalue weighted by molar-refractivity contribution is 0.434. The molecule has 4 nitrogen and oxygen atoms in total. The van der Waals surface area contributed by atoms with Gasteiger partial charge in [-0.1, -0.05) is 6.92 Å². The van der Waals surface area contributed by atoms with Crippen molar-refractivity contribution in [2.24, 2.45) is 0 Å². The highest BCUT2D eigenvalue weighted by Gasteiger charge is 1.72. The van der Waals surface area contributed by atoms with Crippen molar-refractivity contribution in [1.82, 2.24) is 4.90 Å². The van der Waals surface area contributed by atoms with E-state index in [0.717, 1.165) is 6.54 Å². The molecular weight excluding hydrogens is 142 g/mol. The molecule has 0 amide bonds. The van der Waals surface area contributed by atoms with E-state index in [1.54, 1.807) is 0 Å². The molecule has 0 spiro atoms. The maximum absolute atomic E-state index is 8.44. The summed E-state index contributed by atoms with van der Waals surface area (Å²) in [7, 11) is 1.00. The average Bonchev–Trinajstić information content (AvgIpc) is 1.65. The number of hydrogen-bond donors (Lipinski definition) is 0.